The van der Waals surface area contributed by atoms with E-state index in [1.807, 2.05) is 24.3 Å². The summed E-state index contributed by atoms with van der Waals surface area (Å²) in [7, 11) is 1.58. The summed E-state index contributed by atoms with van der Waals surface area (Å²) in [5.74, 6) is 0.252. The summed E-state index contributed by atoms with van der Waals surface area (Å²) in [5.41, 5.74) is 7.39. The Morgan fingerprint density at radius 1 is 1.25 bits per heavy atom. The maximum Gasteiger partial charge on any atom is 0.339 e. The van der Waals surface area contributed by atoms with E-state index in [1.165, 1.54) is 0 Å². The van der Waals surface area contributed by atoms with Crippen LogP contribution in [-0.2, 0) is 11.3 Å². The van der Waals surface area contributed by atoms with Gasteiger partial charge in [-0.05, 0) is 40.2 Å². The normalized spacial score (nSPS) is 10.1. The minimum absolute atomic E-state index is 0.143. The molecule has 0 fully saturated rings. The number of rotatable bonds is 4. The number of nitrogen functional groups attached to an aromatic ring is 1. The molecule has 2 rings (SSSR count). The van der Waals surface area contributed by atoms with Crippen LogP contribution in [0.3, 0.4) is 0 Å². The quantitative estimate of drug-likeness (QED) is 0.687. The summed E-state index contributed by atoms with van der Waals surface area (Å²) in [6.07, 6.45) is 0. The van der Waals surface area contributed by atoms with Crippen molar-refractivity contribution >= 4 is 27.6 Å². The van der Waals surface area contributed by atoms with Crippen molar-refractivity contribution in [2.45, 2.75) is 6.61 Å². The van der Waals surface area contributed by atoms with Gasteiger partial charge in [0.05, 0.1) is 12.7 Å². The molecule has 0 unspecified atom stereocenters. The summed E-state index contributed by atoms with van der Waals surface area (Å²) in [6.45, 7) is 0.143. The van der Waals surface area contributed by atoms with Crippen molar-refractivity contribution < 1.29 is 14.3 Å². The number of para-hydroxylation sites is 1. The molecule has 0 heterocycles. The van der Waals surface area contributed by atoms with E-state index >= 15 is 0 Å². The number of carbonyl (C=O) groups excluding carboxylic acids is 1. The topological polar surface area (TPSA) is 61.5 Å². The minimum Gasteiger partial charge on any atom is -0.496 e. The van der Waals surface area contributed by atoms with Crippen molar-refractivity contribution in [2.24, 2.45) is 0 Å². The number of hydrogen-bond acceptors (Lipinski definition) is 4. The summed E-state index contributed by atoms with van der Waals surface area (Å²) >= 11 is 3.30. The molecule has 5 heteroatoms. The van der Waals surface area contributed by atoms with E-state index < -0.39 is 5.97 Å². The highest BCUT2D eigenvalue weighted by Gasteiger charge is 2.13. The van der Waals surface area contributed by atoms with Crippen LogP contribution in [0.5, 0.6) is 5.75 Å². The zero-order valence-electron chi connectivity index (χ0n) is 10.9. The van der Waals surface area contributed by atoms with Crippen LogP contribution in [0.4, 0.5) is 5.69 Å². The average Bonchev–Trinajstić information content (AvgIpc) is 2.47. The van der Waals surface area contributed by atoms with E-state index in [0.717, 1.165) is 5.56 Å². The largest absolute Gasteiger partial charge is 0.496 e. The Bertz CT molecular complexity index is 628. The second kappa shape index (κ2) is 6.43. The number of halogens is 1. The first kappa shape index (κ1) is 14.4. The second-order valence-corrected chi connectivity index (χ2v) is 4.98. The molecule has 20 heavy (non-hydrogen) atoms. The Morgan fingerprint density at radius 3 is 2.75 bits per heavy atom. The summed E-state index contributed by atoms with van der Waals surface area (Å²) in [5, 5.41) is 0. The van der Waals surface area contributed by atoms with Crippen molar-refractivity contribution in [1.82, 2.24) is 0 Å². The molecule has 0 atom stereocenters. The summed E-state index contributed by atoms with van der Waals surface area (Å²) < 4.78 is 11.1. The molecule has 2 N–H and O–H groups in total. The van der Waals surface area contributed by atoms with Crippen LogP contribution in [0.2, 0.25) is 0 Å². The van der Waals surface area contributed by atoms with Gasteiger partial charge in [-0.1, -0.05) is 18.2 Å². The number of hydrogen-bond donors (Lipinski definition) is 1. The SMILES string of the molecule is COc1ccccc1COC(=O)c1cc(N)ccc1Br. The maximum absolute atomic E-state index is 12.0. The molecule has 0 aliphatic heterocycles. The van der Waals surface area contributed by atoms with Crippen LogP contribution in [0.15, 0.2) is 46.9 Å². The highest BCUT2D eigenvalue weighted by molar-refractivity contribution is 9.10. The predicted molar refractivity (Wildman–Crippen MR) is 80.7 cm³/mol. The summed E-state index contributed by atoms with van der Waals surface area (Å²) in [4.78, 5) is 12.0. The lowest BCUT2D eigenvalue weighted by molar-refractivity contribution is 0.0469. The summed E-state index contributed by atoms with van der Waals surface area (Å²) in [6, 6.07) is 12.4. The van der Waals surface area contributed by atoms with E-state index in [-0.39, 0.29) is 6.61 Å². The number of methoxy groups -OCH3 is 1. The third kappa shape index (κ3) is 3.30. The highest BCUT2D eigenvalue weighted by atomic mass is 79.9. The molecule has 0 spiro atoms. The standard InChI is InChI=1S/C15H14BrNO3/c1-19-14-5-3-2-4-10(14)9-20-15(18)12-8-11(17)6-7-13(12)16/h2-8H,9,17H2,1H3. The first-order valence-corrected chi connectivity index (χ1v) is 6.75. The third-order valence-corrected chi connectivity index (χ3v) is 3.45. The van der Waals surface area contributed by atoms with E-state index in [2.05, 4.69) is 15.9 Å². The second-order valence-electron chi connectivity index (χ2n) is 4.13. The molecule has 2 aromatic rings. The molecule has 0 aliphatic rings. The Hall–Kier alpha value is -2.01. The van der Waals surface area contributed by atoms with Crippen LogP contribution in [0.25, 0.3) is 0 Å². The zero-order valence-corrected chi connectivity index (χ0v) is 12.5. The number of ether oxygens (including phenoxy) is 2. The lowest BCUT2D eigenvalue weighted by atomic mass is 10.2. The monoisotopic (exact) mass is 335 g/mol. The van der Waals surface area contributed by atoms with Crippen molar-refractivity contribution in [1.29, 1.82) is 0 Å². The Morgan fingerprint density at radius 2 is 2.00 bits per heavy atom. The van der Waals surface area contributed by atoms with Gasteiger partial charge in [-0.15, -0.1) is 0 Å². The number of nitrogens with two attached hydrogens (primary N) is 1. The molecule has 0 amide bonds. The fourth-order valence-electron chi connectivity index (χ4n) is 1.74. The van der Waals surface area contributed by atoms with Crippen molar-refractivity contribution in [2.75, 3.05) is 12.8 Å². The van der Waals surface area contributed by atoms with Gasteiger partial charge in [0.15, 0.2) is 0 Å². The maximum atomic E-state index is 12.0. The van der Waals surface area contributed by atoms with Gasteiger partial charge >= 0.3 is 5.97 Å². The molecule has 0 saturated heterocycles. The van der Waals surface area contributed by atoms with Crippen LogP contribution in [0, 0.1) is 0 Å². The van der Waals surface area contributed by atoms with E-state index in [0.29, 0.717) is 21.5 Å². The first-order valence-electron chi connectivity index (χ1n) is 5.96. The Balaban J connectivity index is 2.11. The molecule has 104 valence electrons. The molecular formula is C15H14BrNO3. The number of esters is 1. The van der Waals surface area contributed by atoms with Crippen LogP contribution in [-0.4, -0.2) is 13.1 Å². The van der Waals surface area contributed by atoms with Gasteiger partial charge in [0.25, 0.3) is 0 Å². The predicted octanol–water partition coefficient (Wildman–Crippen LogP) is 3.40. The van der Waals surface area contributed by atoms with Crippen molar-refractivity contribution in [3.8, 4) is 5.75 Å². The smallest absolute Gasteiger partial charge is 0.339 e. The average molecular weight is 336 g/mol. The molecule has 0 saturated carbocycles. The fourth-order valence-corrected chi connectivity index (χ4v) is 2.15. The van der Waals surface area contributed by atoms with Crippen molar-refractivity contribution in [3.63, 3.8) is 0 Å². The molecule has 0 radical (unpaired) electrons. The van der Waals surface area contributed by atoms with Crippen molar-refractivity contribution in [3.05, 3.63) is 58.1 Å². The molecule has 0 bridgehead atoms. The molecule has 2 aromatic carbocycles. The Labute approximate surface area is 125 Å². The van der Waals surface area contributed by atoms with E-state index in [9.17, 15) is 4.79 Å². The fraction of sp³-hybridized carbons (Fsp3) is 0.133. The van der Waals surface area contributed by atoms with Crippen LogP contribution < -0.4 is 10.5 Å². The van der Waals surface area contributed by atoms with Gasteiger partial charge in [0.1, 0.15) is 12.4 Å². The van der Waals surface area contributed by atoms with Crippen LogP contribution in [0.1, 0.15) is 15.9 Å². The lowest BCUT2D eigenvalue weighted by Gasteiger charge is -2.10. The van der Waals surface area contributed by atoms with Gasteiger partial charge in [-0.25, -0.2) is 4.79 Å². The van der Waals surface area contributed by atoms with Gasteiger partial charge in [-0.3, -0.25) is 0 Å². The van der Waals surface area contributed by atoms with E-state index in [1.54, 1.807) is 25.3 Å². The molecular weight excluding hydrogens is 322 g/mol. The van der Waals surface area contributed by atoms with Gasteiger partial charge in [0, 0.05) is 15.7 Å². The first-order chi connectivity index (χ1) is 9.61. The third-order valence-electron chi connectivity index (χ3n) is 2.76. The minimum atomic E-state index is -0.435. The van der Waals surface area contributed by atoms with E-state index in [4.69, 9.17) is 15.2 Å². The zero-order chi connectivity index (χ0) is 14.5. The number of benzene rings is 2. The van der Waals surface area contributed by atoms with Crippen LogP contribution >= 0.6 is 15.9 Å². The van der Waals surface area contributed by atoms with Gasteiger partial charge in [-0.2, -0.15) is 0 Å². The molecule has 0 aromatic heterocycles. The number of anilines is 1. The molecule has 4 nitrogen and oxygen atoms in total. The van der Waals surface area contributed by atoms with Gasteiger partial charge in [0.2, 0.25) is 0 Å². The highest BCUT2D eigenvalue weighted by Crippen LogP contribution is 2.22. The lowest BCUT2D eigenvalue weighted by Crippen LogP contribution is -2.07. The number of carbonyl (C=O) groups is 1. The molecule has 0 aliphatic carbocycles. The van der Waals surface area contributed by atoms with Gasteiger partial charge < -0.3 is 15.2 Å². The Kier molecular flexibility index (Phi) is 4.63.